The van der Waals surface area contributed by atoms with Gasteiger partial charge in [-0.25, -0.2) is 4.79 Å². The molecule has 1 heterocycles. The minimum Gasteiger partial charge on any atom is -0.341 e. The second-order valence-electron chi connectivity index (χ2n) is 6.43. The summed E-state index contributed by atoms with van der Waals surface area (Å²) in [5.41, 5.74) is 1.09. The van der Waals surface area contributed by atoms with Crippen LogP contribution in [0, 0.1) is 0 Å². The van der Waals surface area contributed by atoms with E-state index in [1.807, 2.05) is 36.1 Å². The van der Waals surface area contributed by atoms with Crippen LogP contribution in [0.3, 0.4) is 0 Å². The Balaban J connectivity index is 1.44. The lowest BCUT2D eigenvalue weighted by atomic mass is 10.1. The lowest BCUT2D eigenvalue weighted by molar-refractivity contribution is -0.127. The molecule has 1 aromatic rings. The van der Waals surface area contributed by atoms with E-state index in [0.29, 0.717) is 18.9 Å². The van der Waals surface area contributed by atoms with E-state index in [4.69, 9.17) is 11.6 Å². The van der Waals surface area contributed by atoms with E-state index in [1.54, 1.807) is 0 Å². The third-order valence-electron chi connectivity index (χ3n) is 4.45. The summed E-state index contributed by atoms with van der Waals surface area (Å²) in [5, 5.41) is 6.65. The molecular weight excluding hydrogens is 314 g/mol. The first-order valence-electron chi connectivity index (χ1n) is 8.14. The zero-order valence-corrected chi connectivity index (χ0v) is 14.0. The Hall–Kier alpha value is -1.75. The molecule has 1 saturated carbocycles. The molecule has 1 aliphatic carbocycles. The van der Waals surface area contributed by atoms with Gasteiger partial charge < -0.3 is 15.5 Å². The molecule has 1 aromatic carbocycles. The standard InChI is InChI=1S/C17H22ClN3O2/c1-11(10-21-8-4-7-16(21)22)19-17(23)20-15-9-13(15)12-5-2-3-6-14(12)18/h2-3,5-6,11,13,15H,4,7-10H2,1H3,(H2,19,20,23)/t11-,13-,15-/m1/s1. The van der Waals surface area contributed by atoms with Crippen molar-refractivity contribution in [2.24, 2.45) is 0 Å². The van der Waals surface area contributed by atoms with Gasteiger partial charge in [0.15, 0.2) is 0 Å². The maximum atomic E-state index is 12.1. The summed E-state index contributed by atoms with van der Waals surface area (Å²) in [6.07, 6.45) is 2.45. The van der Waals surface area contributed by atoms with Crippen molar-refractivity contribution in [1.82, 2.24) is 15.5 Å². The largest absolute Gasteiger partial charge is 0.341 e. The van der Waals surface area contributed by atoms with Gasteiger partial charge in [-0.1, -0.05) is 29.8 Å². The molecule has 23 heavy (non-hydrogen) atoms. The van der Waals surface area contributed by atoms with Gasteiger partial charge in [0.2, 0.25) is 5.91 Å². The lowest BCUT2D eigenvalue weighted by Gasteiger charge is -2.21. The van der Waals surface area contributed by atoms with Crippen molar-refractivity contribution < 1.29 is 9.59 Å². The summed E-state index contributed by atoms with van der Waals surface area (Å²) < 4.78 is 0. The Morgan fingerprint density at radius 3 is 2.91 bits per heavy atom. The van der Waals surface area contributed by atoms with E-state index in [9.17, 15) is 9.59 Å². The minimum absolute atomic E-state index is 0.0606. The van der Waals surface area contributed by atoms with Crippen molar-refractivity contribution >= 4 is 23.5 Å². The quantitative estimate of drug-likeness (QED) is 0.868. The molecule has 3 atom stereocenters. The van der Waals surface area contributed by atoms with Crippen LogP contribution in [0.2, 0.25) is 5.02 Å². The Morgan fingerprint density at radius 2 is 2.22 bits per heavy atom. The average molecular weight is 336 g/mol. The van der Waals surface area contributed by atoms with E-state index in [1.165, 1.54) is 0 Å². The van der Waals surface area contributed by atoms with Gasteiger partial charge in [0.05, 0.1) is 0 Å². The minimum atomic E-state index is -0.177. The van der Waals surface area contributed by atoms with E-state index >= 15 is 0 Å². The molecule has 1 aliphatic heterocycles. The molecule has 0 bridgehead atoms. The first-order valence-corrected chi connectivity index (χ1v) is 8.51. The monoisotopic (exact) mass is 335 g/mol. The molecule has 0 spiro atoms. The normalized spacial score (nSPS) is 24.4. The number of hydrogen-bond acceptors (Lipinski definition) is 2. The van der Waals surface area contributed by atoms with E-state index in [0.717, 1.165) is 30.0 Å². The van der Waals surface area contributed by atoms with Crippen LogP contribution in [0.1, 0.15) is 37.7 Å². The van der Waals surface area contributed by atoms with Crippen molar-refractivity contribution in [2.45, 2.75) is 44.2 Å². The number of amides is 3. The molecule has 0 unspecified atom stereocenters. The number of hydrogen-bond donors (Lipinski definition) is 2. The smallest absolute Gasteiger partial charge is 0.315 e. The Bertz CT molecular complexity index is 607. The highest BCUT2D eigenvalue weighted by Gasteiger charge is 2.40. The van der Waals surface area contributed by atoms with Gasteiger partial charge in [-0.05, 0) is 31.4 Å². The lowest BCUT2D eigenvalue weighted by Crippen LogP contribution is -2.47. The van der Waals surface area contributed by atoms with Crippen LogP contribution < -0.4 is 10.6 Å². The molecule has 0 aromatic heterocycles. The van der Waals surface area contributed by atoms with Gasteiger partial charge in [0, 0.05) is 42.5 Å². The summed E-state index contributed by atoms with van der Waals surface area (Å²) in [6.45, 7) is 3.29. The second kappa shape index (κ2) is 6.79. The molecule has 3 rings (SSSR count). The Labute approximate surface area is 141 Å². The van der Waals surface area contributed by atoms with Crippen LogP contribution in [0.15, 0.2) is 24.3 Å². The number of urea groups is 1. The average Bonchev–Trinajstić information content (AvgIpc) is 3.13. The molecular formula is C17H22ClN3O2. The zero-order valence-electron chi connectivity index (χ0n) is 13.2. The summed E-state index contributed by atoms with van der Waals surface area (Å²) >= 11 is 6.19. The van der Waals surface area contributed by atoms with Crippen LogP contribution in [-0.2, 0) is 4.79 Å². The number of nitrogens with one attached hydrogen (secondary N) is 2. The van der Waals surface area contributed by atoms with Gasteiger partial charge in [0.25, 0.3) is 0 Å². The molecule has 6 heteroatoms. The summed E-state index contributed by atoms with van der Waals surface area (Å²) in [7, 11) is 0. The van der Waals surface area contributed by atoms with Crippen LogP contribution in [0.4, 0.5) is 4.79 Å². The van der Waals surface area contributed by atoms with Gasteiger partial charge >= 0.3 is 6.03 Å². The zero-order chi connectivity index (χ0) is 16.4. The number of nitrogens with zero attached hydrogens (tertiary/aromatic N) is 1. The number of carbonyl (C=O) groups is 2. The molecule has 2 fully saturated rings. The fourth-order valence-corrected chi connectivity index (χ4v) is 3.46. The van der Waals surface area contributed by atoms with Crippen LogP contribution >= 0.6 is 11.6 Å². The number of carbonyl (C=O) groups excluding carboxylic acids is 2. The summed E-state index contributed by atoms with van der Waals surface area (Å²) in [6, 6.07) is 7.65. The molecule has 2 N–H and O–H groups in total. The highest BCUT2D eigenvalue weighted by molar-refractivity contribution is 6.31. The van der Waals surface area contributed by atoms with Crippen molar-refractivity contribution in [1.29, 1.82) is 0 Å². The Morgan fingerprint density at radius 1 is 1.43 bits per heavy atom. The topological polar surface area (TPSA) is 61.4 Å². The SMILES string of the molecule is C[C@H](CN1CCCC1=O)NC(=O)N[C@@H]1C[C@@H]1c1ccccc1Cl. The molecule has 3 amide bonds. The third kappa shape index (κ3) is 3.96. The van der Waals surface area contributed by atoms with Crippen LogP contribution in [-0.4, -0.2) is 42.0 Å². The van der Waals surface area contributed by atoms with Crippen LogP contribution in [0.5, 0.6) is 0 Å². The molecule has 0 radical (unpaired) electrons. The van der Waals surface area contributed by atoms with Gasteiger partial charge in [-0.15, -0.1) is 0 Å². The van der Waals surface area contributed by atoms with Gasteiger partial charge in [0.1, 0.15) is 0 Å². The number of halogens is 1. The van der Waals surface area contributed by atoms with Crippen molar-refractivity contribution in [2.75, 3.05) is 13.1 Å². The Kier molecular flexibility index (Phi) is 4.76. The summed E-state index contributed by atoms with van der Waals surface area (Å²) in [4.78, 5) is 25.5. The maximum Gasteiger partial charge on any atom is 0.315 e. The van der Waals surface area contributed by atoms with E-state index in [2.05, 4.69) is 10.6 Å². The van der Waals surface area contributed by atoms with Crippen LogP contribution in [0.25, 0.3) is 0 Å². The molecule has 124 valence electrons. The third-order valence-corrected chi connectivity index (χ3v) is 4.80. The fourth-order valence-electron chi connectivity index (χ4n) is 3.18. The van der Waals surface area contributed by atoms with Gasteiger partial charge in [-0.3, -0.25) is 4.79 Å². The molecule has 2 aliphatic rings. The van der Waals surface area contributed by atoms with Crippen molar-refractivity contribution in [3.63, 3.8) is 0 Å². The van der Waals surface area contributed by atoms with E-state index in [-0.39, 0.29) is 24.0 Å². The van der Waals surface area contributed by atoms with E-state index < -0.39 is 0 Å². The van der Waals surface area contributed by atoms with Crippen molar-refractivity contribution in [3.8, 4) is 0 Å². The van der Waals surface area contributed by atoms with Crippen molar-refractivity contribution in [3.05, 3.63) is 34.9 Å². The number of benzene rings is 1. The summed E-state index contributed by atoms with van der Waals surface area (Å²) in [5.74, 6) is 0.477. The first kappa shape index (κ1) is 16.1. The number of rotatable bonds is 5. The molecule has 5 nitrogen and oxygen atoms in total. The predicted octanol–water partition coefficient (Wildman–Crippen LogP) is 2.51. The predicted molar refractivity (Wildman–Crippen MR) is 89.5 cm³/mol. The maximum absolute atomic E-state index is 12.1. The second-order valence-corrected chi connectivity index (χ2v) is 6.84. The molecule has 1 saturated heterocycles. The van der Waals surface area contributed by atoms with Gasteiger partial charge in [-0.2, -0.15) is 0 Å². The first-order chi connectivity index (χ1) is 11.0. The highest BCUT2D eigenvalue weighted by Crippen LogP contribution is 2.43. The fraction of sp³-hybridized carbons (Fsp3) is 0.529. The number of likely N-dealkylation sites (tertiary alicyclic amines) is 1. The highest BCUT2D eigenvalue weighted by atomic mass is 35.5.